The van der Waals surface area contributed by atoms with Crippen LogP contribution in [0.1, 0.15) is 22.7 Å². The monoisotopic (exact) mass is 295 g/mol. The molecule has 112 valence electrons. The first-order valence-electron chi connectivity index (χ1n) is 6.56. The molecule has 2 rings (SSSR count). The van der Waals surface area contributed by atoms with Gasteiger partial charge in [-0.2, -0.15) is 13.2 Å². The summed E-state index contributed by atoms with van der Waals surface area (Å²) in [6, 6.07) is 14.2. The summed E-state index contributed by atoms with van der Waals surface area (Å²) >= 11 is 0. The molecular weight excluding hydrogens is 279 g/mol. The number of hydrogen-bond donors (Lipinski definition) is 2. The van der Waals surface area contributed by atoms with Crippen molar-refractivity contribution in [1.82, 2.24) is 5.32 Å². The minimum atomic E-state index is -4.38. The first-order valence-corrected chi connectivity index (χ1v) is 6.56. The predicted molar refractivity (Wildman–Crippen MR) is 74.6 cm³/mol. The van der Waals surface area contributed by atoms with Gasteiger partial charge in [0.1, 0.15) is 0 Å². The Morgan fingerprint density at radius 1 is 0.952 bits per heavy atom. The van der Waals surface area contributed by atoms with Gasteiger partial charge in [-0.3, -0.25) is 0 Å². The molecule has 0 saturated heterocycles. The van der Waals surface area contributed by atoms with E-state index in [0.29, 0.717) is 0 Å². The van der Waals surface area contributed by atoms with Crippen molar-refractivity contribution in [2.45, 2.75) is 18.8 Å². The second-order valence-corrected chi connectivity index (χ2v) is 4.68. The van der Waals surface area contributed by atoms with Crippen LogP contribution in [0.2, 0.25) is 0 Å². The topological polar surface area (TPSA) is 32.3 Å². The van der Waals surface area contributed by atoms with Crippen LogP contribution in [0.25, 0.3) is 0 Å². The van der Waals surface area contributed by atoms with Gasteiger partial charge in [-0.05, 0) is 17.2 Å². The Morgan fingerprint density at radius 3 is 2.19 bits per heavy atom. The van der Waals surface area contributed by atoms with Crippen LogP contribution in [0.15, 0.2) is 54.6 Å². The molecular formula is C16H16F3NO. The van der Waals surface area contributed by atoms with Gasteiger partial charge in [0, 0.05) is 6.54 Å². The molecule has 0 heterocycles. The van der Waals surface area contributed by atoms with Crippen LogP contribution < -0.4 is 5.32 Å². The highest BCUT2D eigenvalue weighted by Crippen LogP contribution is 2.32. The highest BCUT2D eigenvalue weighted by atomic mass is 19.4. The van der Waals surface area contributed by atoms with E-state index in [1.54, 1.807) is 6.07 Å². The van der Waals surface area contributed by atoms with Crippen LogP contribution in [-0.4, -0.2) is 11.7 Å². The van der Waals surface area contributed by atoms with E-state index in [0.717, 1.165) is 11.6 Å². The van der Waals surface area contributed by atoms with Crippen LogP contribution >= 0.6 is 0 Å². The number of nitrogens with one attached hydrogen (secondary N) is 1. The molecule has 0 aliphatic carbocycles. The average molecular weight is 295 g/mol. The molecule has 0 aliphatic heterocycles. The molecule has 2 aromatic rings. The minimum absolute atomic E-state index is 0.0375. The predicted octanol–water partition coefficient (Wildman–Crippen LogP) is 3.53. The van der Waals surface area contributed by atoms with Gasteiger partial charge in [-0.25, -0.2) is 0 Å². The van der Waals surface area contributed by atoms with Gasteiger partial charge in [-0.1, -0.05) is 48.5 Å². The maximum absolute atomic E-state index is 12.9. The Morgan fingerprint density at radius 2 is 1.57 bits per heavy atom. The maximum Gasteiger partial charge on any atom is 0.416 e. The van der Waals surface area contributed by atoms with Crippen LogP contribution in [0.3, 0.4) is 0 Å². The van der Waals surface area contributed by atoms with Gasteiger partial charge in [0.25, 0.3) is 0 Å². The zero-order chi connectivity index (χ0) is 15.3. The number of hydrogen-bond acceptors (Lipinski definition) is 2. The van der Waals surface area contributed by atoms with E-state index < -0.39 is 17.8 Å². The second-order valence-electron chi connectivity index (χ2n) is 4.68. The van der Waals surface area contributed by atoms with Gasteiger partial charge in [0.05, 0.1) is 18.2 Å². The molecule has 1 atom stereocenters. The standard InChI is InChI=1S/C16H16F3NO/c17-16(18,19)14-9-5-4-8-13(14)10-20-15(11-21)12-6-2-1-3-7-12/h1-9,15,20-21H,10-11H2/t15-/m0/s1. The Hall–Kier alpha value is -1.85. The fourth-order valence-corrected chi connectivity index (χ4v) is 2.16. The fourth-order valence-electron chi connectivity index (χ4n) is 2.16. The number of rotatable bonds is 5. The summed E-state index contributed by atoms with van der Waals surface area (Å²) in [6.07, 6.45) is -4.38. The van der Waals surface area contributed by atoms with Gasteiger partial charge in [0.2, 0.25) is 0 Å². The molecule has 0 aliphatic rings. The van der Waals surface area contributed by atoms with Crippen molar-refractivity contribution in [2.75, 3.05) is 6.61 Å². The van der Waals surface area contributed by atoms with Gasteiger partial charge >= 0.3 is 6.18 Å². The quantitative estimate of drug-likeness (QED) is 0.884. The third-order valence-corrected chi connectivity index (χ3v) is 3.25. The Balaban J connectivity index is 2.13. The molecule has 0 fully saturated rings. The first kappa shape index (κ1) is 15.5. The van der Waals surface area contributed by atoms with Gasteiger partial charge in [-0.15, -0.1) is 0 Å². The van der Waals surface area contributed by atoms with E-state index in [1.165, 1.54) is 12.1 Å². The smallest absolute Gasteiger partial charge is 0.394 e. The van der Waals surface area contributed by atoms with E-state index in [1.807, 2.05) is 30.3 Å². The summed E-state index contributed by atoms with van der Waals surface area (Å²) in [5.41, 5.74) is 0.353. The van der Waals surface area contributed by atoms with Crippen molar-refractivity contribution in [3.8, 4) is 0 Å². The third kappa shape index (κ3) is 4.06. The van der Waals surface area contributed by atoms with Crippen molar-refractivity contribution in [3.05, 3.63) is 71.3 Å². The van der Waals surface area contributed by atoms with Gasteiger partial charge < -0.3 is 10.4 Å². The number of aliphatic hydroxyl groups is 1. The molecule has 21 heavy (non-hydrogen) atoms. The van der Waals surface area contributed by atoms with E-state index in [9.17, 15) is 18.3 Å². The largest absolute Gasteiger partial charge is 0.416 e. The zero-order valence-electron chi connectivity index (χ0n) is 11.3. The molecule has 0 radical (unpaired) electrons. The lowest BCUT2D eigenvalue weighted by molar-refractivity contribution is -0.138. The molecule has 0 aromatic heterocycles. The summed E-state index contributed by atoms with van der Waals surface area (Å²) < 4.78 is 38.7. The lowest BCUT2D eigenvalue weighted by Crippen LogP contribution is -2.25. The Labute approximate surface area is 121 Å². The highest BCUT2D eigenvalue weighted by Gasteiger charge is 2.32. The van der Waals surface area contributed by atoms with E-state index in [4.69, 9.17) is 0 Å². The van der Waals surface area contributed by atoms with Crippen molar-refractivity contribution in [3.63, 3.8) is 0 Å². The average Bonchev–Trinajstić information content (AvgIpc) is 2.48. The molecule has 2 aromatic carbocycles. The lowest BCUT2D eigenvalue weighted by atomic mass is 10.0. The molecule has 0 spiro atoms. The lowest BCUT2D eigenvalue weighted by Gasteiger charge is -2.19. The van der Waals surface area contributed by atoms with E-state index in [-0.39, 0.29) is 18.7 Å². The van der Waals surface area contributed by atoms with E-state index in [2.05, 4.69) is 5.32 Å². The molecule has 0 saturated carbocycles. The van der Waals surface area contributed by atoms with Crippen molar-refractivity contribution in [2.24, 2.45) is 0 Å². The SMILES string of the molecule is OC[C@H](NCc1ccccc1C(F)(F)F)c1ccccc1. The van der Waals surface area contributed by atoms with Crippen LogP contribution in [-0.2, 0) is 12.7 Å². The highest BCUT2D eigenvalue weighted by molar-refractivity contribution is 5.30. The summed E-state index contributed by atoms with van der Waals surface area (Å²) in [5.74, 6) is 0. The third-order valence-electron chi connectivity index (χ3n) is 3.25. The molecule has 2 nitrogen and oxygen atoms in total. The van der Waals surface area contributed by atoms with Crippen molar-refractivity contribution < 1.29 is 18.3 Å². The minimum Gasteiger partial charge on any atom is -0.394 e. The number of alkyl halides is 3. The first-order chi connectivity index (χ1) is 10.0. The van der Waals surface area contributed by atoms with E-state index >= 15 is 0 Å². The summed E-state index contributed by atoms with van der Waals surface area (Å²) in [5, 5.41) is 12.4. The summed E-state index contributed by atoms with van der Waals surface area (Å²) in [7, 11) is 0. The number of benzene rings is 2. The van der Waals surface area contributed by atoms with Crippen LogP contribution in [0.4, 0.5) is 13.2 Å². The number of halogens is 3. The van der Waals surface area contributed by atoms with Crippen LogP contribution in [0, 0.1) is 0 Å². The van der Waals surface area contributed by atoms with Crippen molar-refractivity contribution >= 4 is 0 Å². The summed E-state index contributed by atoms with van der Waals surface area (Å²) in [4.78, 5) is 0. The zero-order valence-corrected chi connectivity index (χ0v) is 11.3. The fraction of sp³-hybridized carbons (Fsp3) is 0.250. The Bertz CT molecular complexity index is 569. The van der Waals surface area contributed by atoms with Crippen LogP contribution in [0.5, 0.6) is 0 Å². The van der Waals surface area contributed by atoms with Gasteiger partial charge in [0.15, 0.2) is 0 Å². The second kappa shape index (κ2) is 6.74. The maximum atomic E-state index is 12.9. The molecule has 0 unspecified atom stereocenters. The molecule has 0 amide bonds. The van der Waals surface area contributed by atoms with Crippen molar-refractivity contribution in [1.29, 1.82) is 0 Å². The Kier molecular flexibility index (Phi) is 4.98. The summed E-state index contributed by atoms with van der Waals surface area (Å²) in [6.45, 7) is -0.145. The number of aliphatic hydroxyl groups excluding tert-OH is 1. The molecule has 2 N–H and O–H groups in total. The normalized spacial score (nSPS) is 13.1. The molecule has 0 bridgehead atoms. The molecule has 5 heteroatoms.